The van der Waals surface area contributed by atoms with E-state index in [1.54, 1.807) is 18.2 Å². The largest absolute Gasteiger partial charge is 0.454 e. The fraction of sp³-hybridized carbons (Fsp3) is 0.385. The molecule has 2 aliphatic heterocycles. The van der Waals surface area contributed by atoms with Crippen molar-refractivity contribution in [3.05, 3.63) is 23.8 Å². The highest BCUT2D eigenvalue weighted by molar-refractivity contribution is 7.80. The zero-order valence-corrected chi connectivity index (χ0v) is 11.6. The van der Waals surface area contributed by atoms with E-state index in [9.17, 15) is 4.79 Å². The molecule has 1 saturated heterocycles. The van der Waals surface area contributed by atoms with Crippen LogP contribution in [0.2, 0.25) is 0 Å². The van der Waals surface area contributed by atoms with Crippen LogP contribution in [0.4, 0.5) is 0 Å². The van der Waals surface area contributed by atoms with E-state index in [0.29, 0.717) is 48.5 Å². The van der Waals surface area contributed by atoms with Gasteiger partial charge in [-0.1, -0.05) is 0 Å². The molecule has 0 bridgehead atoms. The number of amides is 1. The lowest BCUT2D eigenvalue weighted by atomic mass is 10.2. The van der Waals surface area contributed by atoms with Crippen molar-refractivity contribution in [2.24, 2.45) is 0 Å². The zero-order valence-electron chi connectivity index (χ0n) is 10.8. The molecule has 1 fully saturated rings. The van der Waals surface area contributed by atoms with Crippen molar-refractivity contribution < 1.29 is 19.0 Å². The molecule has 1 aromatic rings. The highest BCUT2D eigenvalue weighted by atomic mass is 32.1. The van der Waals surface area contributed by atoms with Crippen molar-refractivity contribution >= 4 is 23.2 Å². The van der Waals surface area contributed by atoms with Crippen LogP contribution in [0, 0.1) is 0 Å². The molecule has 0 saturated carbocycles. The van der Waals surface area contributed by atoms with E-state index in [1.807, 2.05) is 4.90 Å². The van der Waals surface area contributed by atoms with Crippen LogP contribution in [-0.2, 0) is 4.74 Å². The first-order valence-corrected chi connectivity index (χ1v) is 6.72. The second-order valence-electron chi connectivity index (χ2n) is 4.43. The summed E-state index contributed by atoms with van der Waals surface area (Å²) in [7, 11) is 0. The van der Waals surface area contributed by atoms with E-state index in [-0.39, 0.29) is 12.7 Å². The second kappa shape index (κ2) is 5.64. The van der Waals surface area contributed by atoms with E-state index in [2.05, 4.69) is 5.32 Å². The molecule has 7 heteroatoms. The van der Waals surface area contributed by atoms with Crippen molar-refractivity contribution in [2.75, 3.05) is 33.1 Å². The first-order chi connectivity index (χ1) is 9.74. The highest BCUT2D eigenvalue weighted by Crippen LogP contribution is 2.32. The Bertz CT molecular complexity index is 543. The molecule has 20 heavy (non-hydrogen) atoms. The van der Waals surface area contributed by atoms with E-state index in [1.165, 1.54) is 0 Å². The van der Waals surface area contributed by atoms with Gasteiger partial charge in [-0.05, 0) is 30.4 Å². The van der Waals surface area contributed by atoms with Gasteiger partial charge in [-0.15, -0.1) is 0 Å². The molecule has 6 nitrogen and oxygen atoms in total. The van der Waals surface area contributed by atoms with E-state index in [0.717, 1.165) is 0 Å². The van der Waals surface area contributed by atoms with Crippen LogP contribution < -0.4 is 14.8 Å². The Morgan fingerprint density at radius 1 is 1.20 bits per heavy atom. The zero-order chi connectivity index (χ0) is 13.9. The number of thiocarbonyl (C=S) groups is 1. The first-order valence-electron chi connectivity index (χ1n) is 6.32. The molecule has 2 aliphatic rings. The van der Waals surface area contributed by atoms with Crippen LogP contribution in [0.1, 0.15) is 10.4 Å². The van der Waals surface area contributed by atoms with Gasteiger partial charge in [-0.2, -0.15) is 0 Å². The maximum absolute atomic E-state index is 12.1. The van der Waals surface area contributed by atoms with Gasteiger partial charge in [0.05, 0.1) is 13.2 Å². The number of carbonyl (C=O) groups excluding carboxylic acids is 1. The minimum absolute atomic E-state index is 0.187. The SMILES string of the molecule is O=C(NC(=S)N1CCOCC1)c1ccc2c(c1)OCO2. The van der Waals surface area contributed by atoms with Crippen molar-refractivity contribution in [1.82, 2.24) is 10.2 Å². The molecule has 0 aromatic heterocycles. The molecule has 0 radical (unpaired) electrons. The Morgan fingerprint density at radius 3 is 2.75 bits per heavy atom. The number of hydrogen-bond acceptors (Lipinski definition) is 5. The molecule has 0 atom stereocenters. The number of fused-ring (bicyclic) bond motifs is 1. The smallest absolute Gasteiger partial charge is 0.257 e. The van der Waals surface area contributed by atoms with E-state index >= 15 is 0 Å². The van der Waals surface area contributed by atoms with Crippen molar-refractivity contribution in [1.29, 1.82) is 0 Å². The molecule has 2 heterocycles. The molecular weight excluding hydrogens is 280 g/mol. The number of ether oxygens (including phenoxy) is 3. The molecule has 1 aromatic carbocycles. The molecule has 3 rings (SSSR count). The Labute approximate surface area is 121 Å². The highest BCUT2D eigenvalue weighted by Gasteiger charge is 2.19. The topological polar surface area (TPSA) is 60.0 Å². The first kappa shape index (κ1) is 13.1. The summed E-state index contributed by atoms with van der Waals surface area (Å²) in [6.07, 6.45) is 0. The van der Waals surface area contributed by atoms with Crippen molar-refractivity contribution in [3.8, 4) is 11.5 Å². The molecule has 106 valence electrons. The van der Waals surface area contributed by atoms with Gasteiger partial charge in [0.1, 0.15) is 0 Å². The summed E-state index contributed by atoms with van der Waals surface area (Å²) in [6, 6.07) is 5.05. The summed E-state index contributed by atoms with van der Waals surface area (Å²) in [5.41, 5.74) is 0.491. The number of rotatable bonds is 1. The van der Waals surface area contributed by atoms with Gasteiger partial charge in [0.25, 0.3) is 5.91 Å². The molecule has 0 unspecified atom stereocenters. The van der Waals surface area contributed by atoms with Crippen LogP contribution >= 0.6 is 12.2 Å². The maximum Gasteiger partial charge on any atom is 0.257 e. The fourth-order valence-corrected chi connectivity index (χ4v) is 2.33. The lowest BCUT2D eigenvalue weighted by molar-refractivity contribution is 0.0669. The van der Waals surface area contributed by atoms with Crippen molar-refractivity contribution in [3.63, 3.8) is 0 Å². The summed E-state index contributed by atoms with van der Waals surface area (Å²) >= 11 is 5.23. The van der Waals surface area contributed by atoms with Crippen LogP contribution in [0.15, 0.2) is 18.2 Å². The third-order valence-electron chi connectivity index (χ3n) is 3.15. The van der Waals surface area contributed by atoms with Crippen LogP contribution in [0.3, 0.4) is 0 Å². The Morgan fingerprint density at radius 2 is 1.95 bits per heavy atom. The number of morpholine rings is 1. The minimum Gasteiger partial charge on any atom is -0.454 e. The average molecular weight is 294 g/mol. The normalized spacial score (nSPS) is 16.9. The van der Waals surface area contributed by atoms with Gasteiger partial charge >= 0.3 is 0 Å². The molecule has 1 N–H and O–H groups in total. The van der Waals surface area contributed by atoms with Crippen LogP contribution in [0.5, 0.6) is 11.5 Å². The number of carbonyl (C=O) groups is 1. The Kier molecular flexibility index (Phi) is 3.70. The fourth-order valence-electron chi connectivity index (χ4n) is 2.05. The number of hydrogen-bond donors (Lipinski definition) is 1. The Hall–Kier alpha value is -1.86. The predicted molar refractivity (Wildman–Crippen MR) is 75.0 cm³/mol. The summed E-state index contributed by atoms with van der Waals surface area (Å²) in [5.74, 6) is 0.979. The lowest BCUT2D eigenvalue weighted by Gasteiger charge is -2.28. The molecule has 0 aliphatic carbocycles. The summed E-state index contributed by atoms with van der Waals surface area (Å²) in [4.78, 5) is 14.1. The molecule has 0 spiro atoms. The quantitative estimate of drug-likeness (QED) is 0.772. The van der Waals surface area contributed by atoms with Gasteiger partial charge in [-0.3, -0.25) is 10.1 Å². The Balaban J connectivity index is 1.65. The second-order valence-corrected chi connectivity index (χ2v) is 4.81. The van der Waals surface area contributed by atoms with E-state index < -0.39 is 0 Å². The van der Waals surface area contributed by atoms with Crippen molar-refractivity contribution in [2.45, 2.75) is 0 Å². The maximum atomic E-state index is 12.1. The molecular formula is C13H14N2O4S. The number of nitrogens with zero attached hydrogens (tertiary/aromatic N) is 1. The average Bonchev–Trinajstić information content (AvgIpc) is 2.95. The van der Waals surface area contributed by atoms with E-state index in [4.69, 9.17) is 26.4 Å². The lowest BCUT2D eigenvalue weighted by Crippen LogP contribution is -2.47. The van der Waals surface area contributed by atoms with Gasteiger partial charge in [-0.25, -0.2) is 0 Å². The van der Waals surface area contributed by atoms with Gasteiger partial charge in [0.2, 0.25) is 6.79 Å². The monoisotopic (exact) mass is 294 g/mol. The summed E-state index contributed by atoms with van der Waals surface area (Å²) in [5, 5.41) is 3.15. The van der Waals surface area contributed by atoms with Crippen LogP contribution in [0.25, 0.3) is 0 Å². The van der Waals surface area contributed by atoms with Gasteiger partial charge < -0.3 is 19.1 Å². The van der Waals surface area contributed by atoms with Gasteiger partial charge in [0, 0.05) is 18.7 Å². The third kappa shape index (κ3) is 2.68. The minimum atomic E-state index is -0.250. The molecule has 1 amide bonds. The van der Waals surface area contributed by atoms with Gasteiger partial charge in [0.15, 0.2) is 16.6 Å². The number of nitrogens with one attached hydrogen (secondary N) is 1. The predicted octanol–water partition coefficient (Wildman–Crippen LogP) is 0.762. The van der Waals surface area contributed by atoms with Crippen LogP contribution in [-0.4, -0.2) is 49.0 Å². The summed E-state index contributed by atoms with van der Waals surface area (Å²) < 4.78 is 15.7. The number of benzene rings is 1. The third-order valence-corrected chi connectivity index (χ3v) is 3.51. The standard InChI is InChI=1S/C13H14N2O4S/c16-12(14-13(20)15-3-5-17-6-4-15)9-1-2-10-11(7-9)19-8-18-10/h1-2,7H,3-6,8H2,(H,14,16,20). The summed E-state index contributed by atoms with van der Waals surface area (Å²) in [6.45, 7) is 2.83.